The highest BCUT2D eigenvalue weighted by atomic mass is 19.1. The number of ether oxygens (including phenoxy) is 1. The summed E-state index contributed by atoms with van der Waals surface area (Å²) in [5.74, 6) is -1.58. The van der Waals surface area contributed by atoms with Crippen LogP contribution in [-0.4, -0.2) is 46.5 Å². The van der Waals surface area contributed by atoms with Gasteiger partial charge in [0, 0.05) is 12.1 Å². The first-order chi connectivity index (χ1) is 15.0. The third-order valence-electron chi connectivity index (χ3n) is 5.30. The van der Waals surface area contributed by atoms with Gasteiger partial charge in [-0.3, -0.25) is 20.4 Å². The number of amides is 2. The molecule has 1 aromatic heterocycles. The highest BCUT2D eigenvalue weighted by Gasteiger charge is 2.25. The van der Waals surface area contributed by atoms with E-state index in [9.17, 15) is 14.0 Å². The van der Waals surface area contributed by atoms with E-state index in [2.05, 4.69) is 15.6 Å². The molecule has 0 spiro atoms. The van der Waals surface area contributed by atoms with Crippen LogP contribution in [0, 0.1) is 16.6 Å². The molecule has 1 fully saturated rings. The molecule has 0 saturated heterocycles. The van der Waals surface area contributed by atoms with Crippen molar-refractivity contribution >= 4 is 35.5 Å². The first-order valence-electron chi connectivity index (χ1n) is 9.88. The quantitative estimate of drug-likeness (QED) is 0.433. The van der Waals surface area contributed by atoms with E-state index in [1.165, 1.54) is 12.1 Å². The van der Waals surface area contributed by atoms with Crippen molar-refractivity contribution < 1.29 is 18.7 Å². The summed E-state index contributed by atoms with van der Waals surface area (Å²) in [6, 6.07) is 7.12. The van der Waals surface area contributed by atoms with Crippen LogP contribution in [0.3, 0.4) is 0 Å². The highest BCUT2D eigenvalue weighted by Crippen LogP contribution is 2.31. The number of hydrogen-bond acceptors (Lipinski definition) is 6. The van der Waals surface area contributed by atoms with Crippen LogP contribution < -0.4 is 15.4 Å². The molecule has 2 aromatic rings. The first kappa shape index (κ1) is 20.5. The van der Waals surface area contributed by atoms with Crippen molar-refractivity contribution in [1.29, 1.82) is 10.8 Å². The lowest BCUT2D eigenvalue weighted by molar-refractivity contribution is -0.118. The number of benzene rings is 1. The molecule has 160 valence electrons. The Kier molecular flexibility index (Phi) is 5.61. The minimum atomic E-state index is -0.799. The highest BCUT2D eigenvalue weighted by molar-refractivity contribution is 6.06. The van der Waals surface area contributed by atoms with E-state index >= 15 is 0 Å². The fourth-order valence-electron chi connectivity index (χ4n) is 3.76. The summed E-state index contributed by atoms with van der Waals surface area (Å²) in [7, 11) is 0. The van der Waals surface area contributed by atoms with Gasteiger partial charge in [0.2, 0.25) is 0 Å². The average molecular weight is 424 g/mol. The van der Waals surface area contributed by atoms with Crippen LogP contribution in [0.1, 0.15) is 41.7 Å². The average Bonchev–Trinajstić information content (AvgIpc) is 3.28. The molecule has 2 aliphatic rings. The summed E-state index contributed by atoms with van der Waals surface area (Å²) in [5.41, 5.74) is 0.225. The topological polar surface area (TPSA) is 131 Å². The lowest BCUT2D eigenvalue weighted by Crippen LogP contribution is -2.38. The molecule has 31 heavy (non-hydrogen) atoms. The Morgan fingerprint density at radius 3 is 2.84 bits per heavy atom. The standard InChI is InChI=1S/C21H21FN6O3/c22-14-9-17-16(26-19(29)10-31-17)8-13(14)21(30)27-18-7-3-6-15(25-18)20(24)28(11-23)12-4-1-2-5-12/h3,6-9,11-12,23-24H,1-2,4-5,10H2,(H,26,29)(H,25,27,30). The Labute approximate surface area is 177 Å². The fourth-order valence-corrected chi connectivity index (χ4v) is 3.76. The van der Waals surface area contributed by atoms with Gasteiger partial charge in [0.05, 0.1) is 17.6 Å². The van der Waals surface area contributed by atoms with Gasteiger partial charge in [0.25, 0.3) is 11.8 Å². The number of nitrogens with zero attached hydrogens (tertiary/aromatic N) is 2. The molecule has 1 saturated carbocycles. The predicted molar refractivity (Wildman–Crippen MR) is 112 cm³/mol. The molecular weight excluding hydrogens is 403 g/mol. The van der Waals surface area contributed by atoms with Crippen molar-refractivity contribution in [3.05, 3.63) is 47.4 Å². The van der Waals surface area contributed by atoms with Crippen molar-refractivity contribution in [2.24, 2.45) is 0 Å². The molecule has 0 radical (unpaired) electrons. The molecule has 9 nitrogen and oxygen atoms in total. The molecule has 1 aromatic carbocycles. The van der Waals surface area contributed by atoms with Crippen molar-refractivity contribution in [3.63, 3.8) is 0 Å². The molecular formula is C21H21FN6O3. The van der Waals surface area contributed by atoms with Gasteiger partial charge in [-0.15, -0.1) is 0 Å². The SMILES string of the molecule is N=CN(C(=N)c1cccc(NC(=O)c2cc3c(cc2F)OCC(=O)N3)n1)C1CCCC1. The zero-order chi connectivity index (χ0) is 22.0. The van der Waals surface area contributed by atoms with Crippen LogP contribution >= 0.6 is 0 Å². The smallest absolute Gasteiger partial charge is 0.262 e. The largest absolute Gasteiger partial charge is 0.481 e. The monoisotopic (exact) mass is 424 g/mol. The normalized spacial score (nSPS) is 15.5. The molecule has 1 aliphatic carbocycles. The van der Waals surface area contributed by atoms with Crippen molar-refractivity contribution in [1.82, 2.24) is 9.88 Å². The van der Waals surface area contributed by atoms with Crippen LogP contribution in [0.15, 0.2) is 30.3 Å². The lowest BCUT2D eigenvalue weighted by atomic mass is 10.1. The number of hydrogen-bond donors (Lipinski definition) is 4. The second kappa shape index (κ2) is 8.50. The molecule has 2 amide bonds. The van der Waals surface area contributed by atoms with Gasteiger partial charge in [-0.2, -0.15) is 0 Å². The maximum absolute atomic E-state index is 14.4. The van der Waals surface area contributed by atoms with Crippen LogP contribution in [0.2, 0.25) is 0 Å². The molecule has 0 bridgehead atoms. The number of carbonyl (C=O) groups excluding carboxylic acids is 2. The van der Waals surface area contributed by atoms with E-state index in [1.54, 1.807) is 17.0 Å². The maximum atomic E-state index is 14.4. The fraction of sp³-hybridized carbons (Fsp3) is 0.286. The Morgan fingerprint density at radius 2 is 2.10 bits per heavy atom. The summed E-state index contributed by atoms with van der Waals surface area (Å²) < 4.78 is 19.6. The van der Waals surface area contributed by atoms with E-state index in [0.717, 1.165) is 38.1 Å². The Morgan fingerprint density at radius 1 is 1.32 bits per heavy atom. The van der Waals surface area contributed by atoms with Gasteiger partial charge in [0.1, 0.15) is 23.1 Å². The van der Waals surface area contributed by atoms with E-state index in [0.29, 0.717) is 5.69 Å². The molecule has 1 aliphatic heterocycles. The number of carbonyl (C=O) groups is 2. The van der Waals surface area contributed by atoms with Crippen LogP contribution in [0.25, 0.3) is 0 Å². The number of rotatable bonds is 5. The molecule has 4 N–H and O–H groups in total. The Hall–Kier alpha value is -3.82. The Balaban J connectivity index is 1.53. The number of amidine groups is 1. The number of aromatic nitrogens is 1. The molecule has 0 atom stereocenters. The number of pyridine rings is 1. The zero-order valence-electron chi connectivity index (χ0n) is 16.6. The van der Waals surface area contributed by atoms with Gasteiger partial charge in [-0.1, -0.05) is 18.9 Å². The summed E-state index contributed by atoms with van der Waals surface area (Å²) in [4.78, 5) is 30.0. The maximum Gasteiger partial charge on any atom is 0.262 e. The first-order valence-corrected chi connectivity index (χ1v) is 9.88. The molecule has 10 heteroatoms. The molecule has 2 heterocycles. The van der Waals surface area contributed by atoms with Gasteiger partial charge in [0.15, 0.2) is 12.4 Å². The van der Waals surface area contributed by atoms with Gasteiger partial charge >= 0.3 is 0 Å². The van der Waals surface area contributed by atoms with E-state index in [4.69, 9.17) is 15.6 Å². The van der Waals surface area contributed by atoms with Crippen LogP contribution in [0.4, 0.5) is 15.9 Å². The van der Waals surface area contributed by atoms with Crippen molar-refractivity contribution in [2.45, 2.75) is 31.7 Å². The minimum absolute atomic E-state index is 0.0674. The number of anilines is 2. The Bertz CT molecular complexity index is 1070. The second-order valence-electron chi connectivity index (χ2n) is 7.35. The summed E-state index contributed by atoms with van der Waals surface area (Å²) in [6.45, 7) is -0.214. The minimum Gasteiger partial charge on any atom is -0.481 e. The van der Waals surface area contributed by atoms with Gasteiger partial charge in [-0.25, -0.2) is 9.37 Å². The van der Waals surface area contributed by atoms with E-state index in [1.807, 2.05) is 0 Å². The predicted octanol–water partition coefficient (Wildman–Crippen LogP) is 2.98. The number of fused-ring (bicyclic) bond motifs is 1. The van der Waals surface area contributed by atoms with Crippen LogP contribution in [0.5, 0.6) is 5.75 Å². The third kappa shape index (κ3) is 4.23. The van der Waals surface area contributed by atoms with Crippen molar-refractivity contribution in [2.75, 3.05) is 17.2 Å². The van der Waals surface area contributed by atoms with Gasteiger partial charge in [-0.05, 0) is 31.0 Å². The number of halogens is 1. The van der Waals surface area contributed by atoms with E-state index < -0.39 is 17.6 Å². The summed E-state index contributed by atoms with van der Waals surface area (Å²) in [6.07, 6.45) is 5.06. The summed E-state index contributed by atoms with van der Waals surface area (Å²) in [5, 5.41) is 21.2. The third-order valence-corrected chi connectivity index (χ3v) is 5.30. The van der Waals surface area contributed by atoms with E-state index in [-0.39, 0.29) is 41.3 Å². The lowest BCUT2D eigenvalue weighted by Gasteiger charge is -2.26. The van der Waals surface area contributed by atoms with Gasteiger partial charge < -0.3 is 20.3 Å². The second-order valence-corrected chi connectivity index (χ2v) is 7.35. The summed E-state index contributed by atoms with van der Waals surface area (Å²) >= 11 is 0. The number of nitrogens with one attached hydrogen (secondary N) is 4. The zero-order valence-corrected chi connectivity index (χ0v) is 16.6. The molecule has 0 unspecified atom stereocenters. The van der Waals surface area contributed by atoms with Crippen molar-refractivity contribution in [3.8, 4) is 5.75 Å². The molecule has 4 rings (SSSR count). The van der Waals surface area contributed by atoms with Crippen LogP contribution in [-0.2, 0) is 4.79 Å².